The Bertz CT molecular complexity index is 557. The minimum Gasteiger partial charge on any atom is -0.398 e. The second kappa shape index (κ2) is 5.75. The number of benzene rings is 1. The van der Waals surface area contributed by atoms with Gasteiger partial charge in [0.25, 0.3) is 0 Å². The fraction of sp³-hybridized carbons (Fsp3) is 0.417. The largest absolute Gasteiger partial charge is 0.398 e. The second-order valence-corrected chi connectivity index (χ2v) is 4.48. The van der Waals surface area contributed by atoms with E-state index in [2.05, 4.69) is 15.5 Å². The third-order valence-corrected chi connectivity index (χ3v) is 2.72. The highest BCUT2D eigenvalue weighted by Gasteiger charge is 2.14. The van der Waals surface area contributed by atoms with Crippen LogP contribution in [-0.4, -0.2) is 33.9 Å². The van der Waals surface area contributed by atoms with Gasteiger partial charge in [-0.05, 0) is 34.5 Å². The first-order chi connectivity index (χ1) is 9.11. The number of nitrogens with two attached hydrogens (primary N) is 1. The molecule has 0 aliphatic carbocycles. The van der Waals surface area contributed by atoms with Crippen LogP contribution in [0.25, 0.3) is 11.4 Å². The van der Waals surface area contributed by atoms with Crippen LogP contribution in [-0.2, 0) is 11.3 Å². The van der Waals surface area contributed by atoms with Crippen LogP contribution in [0.15, 0.2) is 18.2 Å². The molecular weight excluding hydrogens is 249 g/mol. The van der Waals surface area contributed by atoms with Gasteiger partial charge >= 0.3 is 0 Å². The van der Waals surface area contributed by atoms with Crippen molar-refractivity contribution >= 4 is 5.69 Å². The molecule has 0 spiro atoms. The average molecular weight is 265 g/mol. The highest BCUT2D eigenvalue weighted by molar-refractivity contribution is 5.71. The van der Waals surface area contributed by atoms with Gasteiger partial charge in [0.2, 0.25) is 0 Å². The Balaban J connectivity index is 2.28. The number of hydrogen-bond donors (Lipinski definition) is 1. The zero-order valence-electron chi connectivity index (χ0n) is 10.9. The predicted molar refractivity (Wildman–Crippen MR) is 68.7 cm³/mol. The molecule has 0 fully saturated rings. The Morgan fingerprint density at radius 3 is 2.95 bits per heavy atom. The van der Waals surface area contributed by atoms with Crippen LogP contribution in [0.5, 0.6) is 0 Å². The summed E-state index contributed by atoms with van der Waals surface area (Å²) < 4.78 is 19.8. The summed E-state index contributed by atoms with van der Waals surface area (Å²) in [6, 6.07) is 4.17. The van der Waals surface area contributed by atoms with Gasteiger partial charge in [0.05, 0.1) is 6.61 Å². The van der Waals surface area contributed by atoms with E-state index in [1.807, 2.05) is 6.92 Å². The molecule has 7 heteroatoms. The molecule has 0 amide bonds. The maximum Gasteiger partial charge on any atom is 0.184 e. The van der Waals surface area contributed by atoms with Crippen LogP contribution in [0.4, 0.5) is 10.1 Å². The van der Waals surface area contributed by atoms with Crippen LogP contribution in [0, 0.1) is 11.7 Å². The molecule has 1 aromatic carbocycles. The fourth-order valence-corrected chi connectivity index (χ4v) is 1.89. The lowest BCUT2D eigenvalue weighted by atomic mass is 10.1. The molecular formula is C12H16FN5O. The molecule has 1 heterocycles. The van der Waals surface area contributed by atoms with E-state index >= 15 is 0 Å². The van der Waals surface area contributed by atoms with Gasteiger partial charge in [0.15, 0.2) is 5.82 Å². The molecule has 102 valence electrons. The summed E-state index contributed by atoms with van der Waals surface area (Å²) >= 11 is 0. The minimum atomic E-state index is -0.381. The van der Waals surface area contributed by atoms with E-state index < -0.39 is 0 Å². The van der Waals surface area contributed by atoms with Crippen molar-refractivity contribution in [1.29, 1.82) is 0 Å². The van der Waals surface area contributed by atoms with Crippen molar-refractivity contribution in [1.82, 2.24) is 20.2 Å². The van der Waals surface area contributed by atoms with E-state index in [1.54, 1.807) is 17.9 Å². The van der Waals surface area contributed by atoms with E-state index in [1.165, 1.54) is 12.1 Å². The molecule has 1 unspecified atom stereocenters. The van der Waals surface area contributed by atoms with Crippen molar-refractivity contribution in [3.05, 3.63) is 24.0 Å². The van der Waals surface area contributed by atoms with Crippen LogP contribution >= 0.6 is 0 Å². The van der Waals surface area contributed by atoms with Gasteiger partial charge in [-0.25, -0.2) is 9.07 Å². The Morgan fingerprint density at radius 2 is 2.26 bits per heavy atom. The van der Waals surface area contributed by atoms with Gasteiger partial charge in [0.1, 0.15) is 5.82 Å². The average Bonchev–Trinajstić information content (AvgIpc) is 2.77. The van der Waals surface area contributed by atoms with Crippen molar-refractivity contribution in [2.45, 2.75) is 13.5 Å². The van der Waals surface area contributed by atoms with Crippen LogP contribution in [0.3, 0.4) is 0 Å². The molecule has 0 saturated carbocycles. The molecule has 0 aliphatic heterocycles. The second-order valence-electron chi connectivity index (χ2n) is 4.48. The highest BCUT2D eigenvalue weighted by atomic mass is 19.1. The molecule has 2 rings (SSSR count). The van der Waals surface area contributed by atoms with Crippen molar-refractivity contribution in [3.63, 3.8) is 0 Å². The number of methoxy groups -OCH3 is 1. The number of rotatable bonds is 5. The lowest BCUT2D eigenvalue weighted by molar-refractivity contribution is 0.149. The number of ether oxygens (including phenoxy) is 1. The van der Waals surface area contributed by atoms with Gasteiger partial charge < -0.3 is 10.5 Å². The summed E-state index contributed by atoms with van der Waals surface area (Å²) in [6.07, 6.45) is 0. The molecule has 0 bridgehead atoms. The van der Waals surface area contributed by atoms with Gasteiger partial charge in [-0.1, -0.05) is 6.92 Å². The van der Waals surface area contributed by atoms with E-state index in [0.29, 0.717) is 30.2 Å². The van der Waals surface area contributed by atoms with Gasteiger partial charge in [-0.3, -0.25) is 0 Å². The molecule has 0 radical (unpaired) electrons. The summed E-state index contributed by atoms with van der Waals surface area (Å²) in [7, 11) is 1.65. The number of anilines is 1. The van der Waals surface area contributed by atoms with E-state index in [4.69, 9.17) is 10.5 Å². The maximum absolute atomic E-state index is 13.0. The number of nitrogens with zero attached hydrogens (tertiary/aromatic N) is 4. The fourth-order valence-electron chi connectivity index (χ4n) is 1.89. The SMILES string of the molecule is COCC(C)Cn1nnnc1-c1ccc(F)cc1N. The standard InChI is InChI=1S/C12H16FN5O/c1-8(7-19-2)6-18-12(15-16-17-18)10-4-3-9(13)5-11(10)14/h3-5,8H,6-7,14H2,1-2H3. The molecule has 0 aliphatic rings. The number of tetrazole rings is 1. The maximum atomic E-state index is 13.0. The third-order valence-electron chi connectivity index (χ3n) is 2.72. The lowest BCUT2D eigenvalue weighted by Gasteiger charge is -2.11. The Hall–Kier alpha value is -2.02. The van der Waals surface area contributed by atoms with E-state index in [-0.39, 0.29) is 11.7 Å². The first-order valence-corrected chi connectivity index (χ1v) is 5.92. The van der Waals surface area contributed by atoms with Gasteiger partial charge in [-0.2, -0.15) is 0 Å². The van der Waals surface area contributed by atoms with Gasteiger partial charge in [0, 0.05) is 24.9 Å². The molecule has 19 heavy (non-hydrogen) atoms. The summed E-state index contributed by atoms with van der Waals surface area (Å²) in [5.41, 5.74) is 6.73. The Kier molecular flexibility index (Phi) is 4.06. The quantitative estimate of drug-likeness (QED) is 0.825. The molecule has 1 aromatic heterocycles. The monoisotopic (exact) mass is 265 g/mol. The summed E-state index contributed by atoms with van der Waals surface area (Å²) in [6.45, 7) is 3.24. The summed E-state index contributed by atoms with van der Waals surface area (Å²) in [4.78, 5) is 0. The van der Waals surface area contributed by atoms with Crippen molar-refractivity contribution in [2.75, 3.05) is 19.5 Å². The topological polar surface area (TPSA) is 78.8 Å². The molecule has 0 saturated heterocycles. The highest BCUT2D eigenvalue weighted by Crippen LogP contribution is 2.24. The summed E-state index contributed by atoms with van der Waals surface area (Å²) in [5, 5.41) is 11.5. The van der Waals surface area contributed by atoms with Crippen LogP contribution < -0.4 is 5.73 Å². The summed E-state index contributed by atoms with van der Waals surface area (Å²) in [5.74, 6) is 0.405. The number of hydrogen-bond acceptors (Lipinski definition) is 5. The lowest BCUT2D eigenvalue weighted by Crippen LogP contribution is -2.15. The zero-order valence-corrected chi connectivity index (χ0v) is 10.9. The third kappa shape index (κ3) is 3.05. The van der Waals surface area contributed by atoms with Gasteiger partial charge in [-0.15, -0.1) is 5.10 Å². The number of halogens is 1. The Morgan fingerprint density at radius 1 is 1.47 bits per heavy atom. The van der Waals surface area contributed by atoms with Crippen LogP contribution in [0.1, 0.15) is 6.92 Å². The minimum absolute atomic E-state index is 0.258. The number of nitrogen functional groups attached to an aromatic ring is 1. The molecule has 6 nitrogen and oxygen atoms in total. The first kappa shape index (κ1) is 13.4. The van der Waals surface area contributed by atoms with Crippen molar-refractivity contribution in [2.24, 2.45) is 5.92 Å². The Labute approximate surface area is 110 Å². The normalized spacial score (nSPS) is 12.6. The molecule has 2 N–H and O–H groups in total. The van der Waals surface area contributed by atoms with E-state index in [9.17, 15) is 4.39 Å². The smallest absolute Gasteiger partial charge is 0.184 e. The van der Waals surface area contributed by atoms with Crippen LogP contribution in [0.2, 0.25) is 0 Å². The predicted octanol–water partition coefficient (Wildman–Crippen LogP) is 1.34. The van der Waals surface area contributed by atoms with Crippen molar-refractivity contribution < 1.29 is 9.13 Å². The van der Waals surface area contributed by atoms with Crippen molar-refractivity contribution in [3.8, 4) is 11.4 Å². The first-order valence-electron chi connectivity index (χ1n) is 5.92. The molecule has 2 aromatic rings. The zero-order chi connectivity index (χ0) is 13.8. The number of aromatic nitrogens is 4. The molecule has 1 atom stereocenters. The van der Waals surface area contributed by atoms with E-state index in [0.717, 1.165) is 0 Å².